The van der Waals surface area contributed by atoms with E-state index in [2.05, 4.69) is 6.92 Å². The average Bonchev–Trinajstić information content (AvgIpc) is 2.36. The quantitative estimate of drug-likeness (QED) is 0.687. The van der Waals surface area contributed by atoms with Crippen molar-refractivity contribution in [3.05, 3.63) is 0 Å². The first kappa shape index (κ1) is 15.4. The summed E-state index contributed by atoms with van der Waals surface area (Å²) in [5.74, 6) is -0.0786. The molecule has 0 saturated heterocycles. The molecule has 0 aromatic carbocycles. The molecule has 0 aromatic rings. The van der Waals surface area contributed by atoms with Gasteiger partial charge < -0.3 is 15.6 Å². The zero-order valence-corrected chi connectivity index (χ0v) is 11.7. The fraction of sp³-hybridized carbons (Fsp3) is 0.929. The molecule has 0 aliphatic heterocycles. The summed E-state index contributed by atoms with van der Waals surface area (Å²) in [6.45, 7) is 4.73. The summed E-state index contributed by atoms with van der Waals surface area (Å²) in [5, 5.41) is 9.04. The molecule has 1 unspecified atom stereocenters. The highest BCUT2D eigenvalue weighted by Crippen LogP contribution is 2.25. The van der Waals surface area contributed by atoms with Crippen LogP contribution < -0.4 is 5.73 Å². The Morgan fingerprint density at radius 1 is 1.39 bits per heavy atom. The first-order valence-electron chi connectivity index (χ1n) is 7.12. The molecule has 4 heteroatoms. The average molecular weight is 257 g/mol. The monoisotopic (exact) mass is 257 g/mol. The molecule has 0 aromatic heterocycles. The van der Waals surface area contributed by atoms with Crippen molar-refractivity contribution in [2.45, 2.75) is 70.4 Å². The lowest BCUT2D eigenvalue weighted by Crippen LogP contribution is -2.47. The molecule has 1 fully saturated rings. The van der Waals surface area contributed by atoms with E-state index in [-0.39, 0.29) is 0 Å². The van der Waals surface area contributed by atoms with Gasteiger partial charge in [0.25, 0.3) is 0 Å². The van der Waals surface area contributed by atoms with Gasteiger partial charge in [-0.25, -0.2) is 0 Å². The van der Waals surface area contributed by atoms with Gasteiger partial charge in [-0.2, -0.15) is 0 Å². The molecule has 3 N–H and O–H groups in total. The van der Waals surface area contributed by atoms with Gasteiger partial charge in [0.1, 0.15) is 5.54 Å². The van der Waals surface area contributed by atoms with E-state index in [0.29, 0.717) is 25.6 Å². The van der Waals surface area contributed by atoms with E-state index in [1.54, 1.807) is 0 Å². The number of hydrogen-bond donors (Lipinski definition) is 2. The predicted molar refractivity (Wildman–Crippen MR) is 71.5 cm³/mol. The van der Waals surface area contributed by atoms with E-state index >= 15 is 0 Å². The Kier molecular flexibility index (Phi) is 6.09. The number of ether oxygens (including phenoxy) is 1. The topological polar surface area (TPSA) is 72.5 Å². The predicted octanol–water partition coefficient (Wildman–Crippen LogP) is 2.55. The second kappa shape index (κ2) is 7.10. The van der Waals surface area contributed by atoms with Crippen molar-refractivity contribution >= 4 is 5.97 Å². The number of carboxylic acid groups (broad SMARTS) is 1. The van der Waals surface area contributed by atoms with Crippen LogP contribution in [-0.4, -0.2) is 29.3 Å². The van der Waals surface area contributed by atoms with E-state index in [9.17, 15) is 4.79 Å². The van der Waals surface area contributed by atoms with E-state index < -0.39 is 11.5 Å². The number of nitrogens with two attached hydrogens (primary N) is 1. The van der Waals surface area contributed by atoms with Gasteiger partial charge in [0.2, 0.25) is 0 Å². The second-order valence-electron chi connectivity index (χ2n) is 5.67. The molecule has 0 bridgehead atoms. The minimum atomic E-state index is -1.08. The lowest BCUT2D eigenvalue weighted by atomic mass is 9.89. The Hall–Kier alpha value is -0.610. The molecule has 0 amide bonds. The van der Waals surface area contributed by atoms with Crippen LogP contribution >= 0.6 is 0 Å². The van der Waals surface area contributed by atoms with Crippen LogP contribution in [0.3, 0.4) is 0 Å². The largest absolute Gasteiger partial charge is 0.480 e. The van der Waals surface area contributed by atoms with Crippen LogP contribution in [0.2, 0.25) is 0 Å². The highest BCUT2D eigenvalue weighted by Gasteiger charge is 2.31. The number of carboxylic acids is 1. The summed E-state index contributed by atoms with van der Waals surface area (Å²) < 4.78 is 5.80. The van der Waals surface area contributed by atoms with E-state index in [0.717, 1.165) is 25.2 Å². The van der Waals surface area contributed by atoms with Gasteiger partial charge in [0.15, 0.2) is 0 Å². The second-order valence-corrected chi connectivity index (χ2v) is 5.67. The molecule has 0 radical (unpaired) electrons. The third kappa shape index (κ3) is 4.58. The van der Waals surface area contributed by atoms with Crippen LogP contribution in [0.15, 0.2) is 0 Å². The lowest BCUT2D eigenvalue weighted by Gasteiger charge is -2.27. The molecular formula is C14H27NO3. The molecule has 1 atom stereocenters. The zero-order chi connectivity index (χ0) is 13.6. The van der Waals surface area contributed by atoms with Crippen LogP contribution in [0.1, 0.15) is 58.8 Å². The van der Waals surface area contributed by atoms with Gasteiger partial charge in [0, 0.05) is 6.61 Å². The molecule has 106 valence electrons. The molecule has 1 aliphatic rings. The van der Waals surface area contributed by atoms with Gasteiger partial charge >= 0.3 is 5.97 Å². The van der Waals surface area contributed by atoms with Crippen LogP contribution in [0.25, 0.3) is 0 Å². The lowest BCUT2D eigenvalue weighted by molar-refractivity contribution is -0.144. The summed E-state index contributed by atoms with van der Waals surface area (Å²) in [6.07, 6.45) is 6.82. The van der Waals surface area contributed by atoms with Crippen LogP contribution in [0.5, 0.6) is 0 Å². The SMILES string of the molecule is CCC(N)(CCCOC1CCC(C)CC1)C(=O)O. The number of aliphatic carboxylic acids is 1. The molecule has 1 saturated carbocycles. The molecule has 1 aliphatic carbocycles. The van der Waals surface area contributed by atoms with Crippen LogP contribution in [-0.2, 0) is 9.53 Å². The fourth-order valence-electron chi connectivity index (χ4n) is 2.47. The molecule has 1 rings (SSSR count). The molecular weight excluding hydrogens is 230 g/mol. The Bertz CT molecular complexity index is 262. The normalized spacial score (nSPS) is 27.7. The van der Waals surface area contributed by atoms with Crippen molar-refractivity contribution in [1.29, 1.82) is 0 Å². The maximum atomic E-state index is 11.0. The summed E-state index contributed by atoms with van der Waals surface area (Å²) in [5.41, 5.74) is 4.74. The number of hydrogen-bond acceptors (Lipinski definition) is 3. The highest BCUT2D eigenvalue weighted by atomic mass is 16.5. The van der Waals surface area contributed by atoms with Gasteiger partial charge in [-0.1, -0.05) is 13.8 Å². The van der Waals surface area contributed by atoms with Crippen molar-refractivity contribution in [2.75, 3.05) is 6.61 Å². The highest BCUT2D eigenvalue weighted by molar-refractivity contribution is 5.78. The molecule has 18 heavy (non-hydrogen) atoms. The van der Waals surface area contributed by atoms with Crippen molar-refractivity contribution < 1.29 is 14.6 Å². The Morgan fingerprint density at radius 2 is 2.00 bits per heavy atom. The minimum Gasteiger partial charge on any atom is -0.480 e. The van der Waals surface area contributed by atoms with Crippen molar-refractivity contribution in [3.8, 4) is 0 Å². The molecule has 4 nitrogen and oxygen atoms in total. The van der Waals surface area contributed by atoms with E-state index in [1.165, 1.54) is 12.8 Å². The third-order valence-electron chi connectivity index (χ3n) is 4.14. The van der Waals surface area contributed by atoms with Gasteiger partial charge in [-0.15, -0.1) is 0 Å². The third-order valence-corrected chi connectivity index (χ3v) is 4.14. The molecule has 0 heterocycles. The summed E-state index contributed by atoms with van der Waals surface area (Å²) in [7, 11) is 0. The Balaban J connectivity index is 2.16. The van der Waals surface area contributed by atoms with Crippen LogP contribution in [0, 0.1) is 5.92 Å². The standard InChI is InChI=1S/C14H27NO3/c1-3-14(15,13(16)17)9-4-10-18-12-7-5-11(2)6-8-12/h11-12H,3-10,15H2,1-2H3,(H,16,17). The first-order valence-corrected chi connectivity index (χ1v) is 7.12. The number of carbonyl (C=O) groups is 1. The van der Waals surface area contributed by atoms with Crippen molar-refractivity contribution in [1.82, 2.24) is 0 Å². The summed E-state index contributed by atoms with van der Waals surface area (Å²) in [6, 6.07) is 0. The first-order chi connectivity index (χ1) is 8.48. The fourth-order valence-corrected chi connectivity index (χ4v) is 2.47. The number of rotatable bonds is 7. The molecule has 0 spiro atoms. The Labute approximate surface area is 110 Å². The summed E-state index contributed by atoms with van der Waals surface area (Å²) >= 11 is 0. The summed E-state index contributed by atoms with van der Waals surface area (Å²) in [4.78, 5) is 11.0. The van der Waals surface area contributed by atoms with Crippen molar-refractivity contribution in [3.63, 3.8) is 0 Å². The van der Waals surface area contributed by atoms with Crippen molar-refractivity contribution in [2.24, 2.45) is 11.7 Å². The minimum absolute atomic E-state index is 0.375. The smallest absolute Gasteiger partial charge is 0.323 e. The maximum Gasteiger partial charge on any atom is 0.323 e. The van der Waals surface area contributed by atoms with E-state index in [4.69, 9.17) is 15.6 Å². The van der Waals surface area contributed by atoms with Gasteiger partial charge in [0.05, 0.1) is 6.10 Å². The van der Waals surface area contributed by atoms with E-state index in [1.807, 2.05) is 6.92 Å². The zero-order valence-electron chi connectivity index (χ0n) is 11.7. The maximum absolute atomic E-state index is 11.0. The van der Waals surface area contributed by atoms with Crippen LogP contribution in [0.4, 0.5) is 0 Å². The Morgan fingerprint density at radius 3 is 2.50 bits per heavy atom. The van der Waals surface area contributed by atoms with Gasteiger partial charge in [-0.05, 0) is 50.9 Å². The van der Waals surface area contributed by atoms with Gasteiger partial charge in [-0.3, -0.25) is 4.79 Å².